The van der Waals surface area contributed by atoms with Gasteiger partial charge in [0, 0.05) is 25.7 Å². The van der Waals surface area contributed by atoms with Gasteiger partial charge in [-0.25, -0.2) is 17.2 Å². The van der Waals surface area contributed by atoms with Gasteiger partial charge in [-0.2, -0.15) is 4.31 Å². The number of hydrogen-bond donors (Lipinski definition) is 1. The standard InChI is InChI=1S/C11H13BrF2N2O2S.ClH/c12-8-6-11(10(14)7-9(8)13)19(17,18)16-4-1-2-15-3-5-16;/h6-7,15H,1-5H2;1H. The molecule has 4 nitrogen and oxygen atoms in total. The summed E-state index contributed by atoms with van der Waals surface area (Å²) in [6, 6.07) is 1.55. The van der Waals surface area contributed by atoms with Crippen molar-refractivity contribution in [1.82, 2.24) is 9.62 Å². The summed E-state index contributed by atoms with van der Waals surface area (Å²) >= 11 is 2.88. The lowest BCUT2D eigenvalue weighted by molar-refractivity contribution is 0.426. The number of benzene rings is 1. The molecule has 1 saturated heterocycles. The first kappa shape index (κ1) is 17.8. The summed E-state index contributed by atoms with van der Waals surface area (Å²) in [5.41, 5.74) is 0. The van der Waals surface area contributed by atoms with E-state index in [-0.39, 0.29) is 23.4 Å². The number of nitrogens with one attached hydrogen (secondary N) is 1. The fourth-order valence-electron chi connectivity index (χ4n) is 1.90. The summed E-state index contributed by atoms with van der Waals surface area (Å²) in [6.45, 7) is 1.84. The SMILES string of the molecule is Cl.O=S(=O)(c1cc(Br)c(F)cc1F)N1CCCNCC1. The van der Waals surface area contributed by atoms with E-state index < -0.39 is 26.6 Å². The smallest absolute Gasteiger partial charge is 0.246 e. The molecule has 1 aromatic rings. The molecule has 1 fully saturated rings. The zero-order chi connectivity index (χ0) is 14.0. The maximum atomic E-state index is 13.7. The molecule has 0 radical (unpaired) electrons. The van der Waals surface area contributed by atoms with Crippen molar-refractivity contribution < 1.29 is 17.2 Å². The Morgan fingerprint density at radius 1 is 1.15 bits per heavy atom. The molecule has 0 spiro atoms. The van der Waals surface area contributed by atoms with Crippen LogP contribution in [0.15, 0.2) is 21.5 Å². The Morgan fingerprint density at radius 3 is 2.55 bits per heavy atom. The highest BCUT2D eigenvalue weighted by Crippen LogP contribution is 2.26. The highest BCUT2D eigenvalue weighted by molar-refractivity contribution is 9.10. The number of rotatable bonds is 2. The molecule has 2 rings (SSSR count). The summed E-state index contributed by atoms with van der Waals surface area (Å²) in [4.78, 5) is -0.498. The minimum atomic E-state index is -3.93. The van der Waals surface area contributed by atoms with Gasteiger partial charge in [0.2, 0.25) is 10.0 Å². The Labute approximate surface area is 131 Å². The molecule has 0 atom stereocenters. The number of halogens is 4. The minimum Gasteiger partial charge on any atom is -0.315 e. The van der Waals surface area contributed by atoms with Crippen LogP contribution in [0.2, 0.25) is 0 Å². The number of nitrogens with zero attached hydrogens (tertiary/aromatic N) is 1. The second-order valence-electron chi connectivity index (χ2n) is 4.20. The van der Waals surface area contributed by atoms with E-state index in [4.69, 9.17) is 0 Å². The van der Waals surface area contributed by atoms with Crippen LogP contribution < -0.4 is 5.32 Å². The van der Waals surface area contributed by atoms with Crippen LogP contribution >= 0.6 is 28.3 Å². The molecule has 114 valence electrons. The quantitative estimate of drug-likeness (QED) is 0.786. The molecule has 1 N–H and O–H groups in total. The van der Waals surface area contributed by atoms with Gasteiger partial charge in [0.25, 0.3) is 0 Å². The van der Waals surface area contributed by atoms with E-state index in [1.54, 1.807) is 0 Å². The lowest BCUT2D eigenvalue weighted by Crippen LogP contribution is -2.34. The van der Waals surface area contributed by atoms with Gasteiger partial charge < -0.3 is 5.32 Å². The molecule has 1 aromatic carbocycles. The van der Waals surface area contributed by atoms with Crippen LogP contribution in [0.5, 0.6) is 0 Å². The molecule has 20 heavy (non-hydrogen) atoms. The molecule has 0 amide bonds. The molecule has 0 saturated carbocycles. The molecule has 1 heterocycles. The Balaban J connectivity index is 0.00000200. The first-order chi connectivity index (χ1) is 8.93. The van der Waals surface area contributed by atoms with E-state index in [1.807, 2.05) is 0 Å². The van der Waals surface area contributed by atoms with Gasteiger partial charge in [-0.1, -0.05) is 0 Å². The van der Waals surface area contributed by atoms with Gasteiger partial charge in [-0.3, -0.25) is 0 Å². The summed E-state index contributed by atoms with van der Waals surface area (Å²) in [5.74, 6) is -1.90. The summed E-state index contributed by atoms with van der Waals surface area (Å²) < 4.78 is 52.7. The summed E-state index contributed by atoms with van der Waals surface area (Å²) in [5, 5.41) is 3.07. The molecule has 1 aliphatic rings. The fourth-order valence-corrected chi connectivity index (χ4v) is 3.95. The van der Waals surface area contributed by atoms with E-state index in [0.717, 1.165) is 12.6 Å². The third-order valence-electron chi connectivity index (χ3n) is 2.89. The van der Waals surface area contributed by atoms with Gasteiger partial charge in [-0.15, -0.1) is 12.4 Å². The molecule has 0 aromatic heterocycles. The normalized spacial score (nSPS) is 17.4. The number of hydrogen-bond acceptors (Lipinski definition) is 3. The molecular weight excluding hydrogens is 378 g/mol. The third-order valence-corrected chi connectivity index (χ3v) is 5.41. The largest absolute Gasteiger partial charge is 0.315 e. The van der Waals surface area contributed by atoms with E-state index >= 15 is 0 Å². The van der Waals surface area contributed by atoms with Crippen molar-refractivity contribution in [3.63, 3.8) is 0 Å². The van der Waals surface area contributed by atoms with E-state index in [9.17, 15) is 17.2 Å². The second-order valence-corrected chi connectivity index (χ2v) is 6.97. The third kappa shape index (κ3) is 3.67. The van der Waals surface area contributed by atoms with Crippen molar-refractivity contribution in [2.75, 3.05) is 26.2 Å². The summed E-state index contributed by atoms with van der Waals surface area (Å²) in [6.07, 6.45) is 0.656. The second kappa shape index (κ2) is 7.13. The lowest BCUT2D eigenvalue weighted by atomic mass is 10.3. The average molecular weight is 392 g/mol. The monoisotopic (exact) mass is 390 g/mol. The molecule has 1 aliphatic heterocycles. The Hall–Kier alpha value is -0.280. The molecule has 0 aliphatic carbocycles. The van der Waals surface area contributed by atoms with Crippen molar-refractivity contribution in [2.24, 2.45) is 0 Å². The first-order valence-electron chi connectivity index (χ1n) is 5.78. The maximum absolute atomic E-state index is 13.7. The van der Waals surface area contributed by atoms with Gasteiger partial charge in [0.05, 0.1) is 4.47 Å². The van der Waals surface area contributed by atoms with Gasteiger partial charge in [0.1, 0.15) is 16.5 Å². The Kier molecular flexibility index (Phi) is 6.33. The number of sulfonamides is 1. The van der Waals surface area contributed by atoms with Crippen molar-refractivity contribution >= 4 is 38.4 Å². The van der Waals surface area contributed by atoms with Crippen LogP contribution in [0.4, 0.5) is 8.78 Å². The van der Waals surface area contributed by atoms with Crippen LogP contribution in [0, 0.1) is 11.6 Å². The predicted molar refractivity (Wildman–Crippen MR) is 77.6 cm³/mol. The van der Waals surface area contributed by atoms with E-state index in [1.165, 1.54) is 4.31 Å². The van der Waals surface area contributed by atoms with Crippen LogP contribution in [-0.2, 0) is 10.0 Å². The highest BCUT2D eigenvalue weighted by atomic mass is 79.9. The van der Waals surface area contributed by atoms with Crippen LogP contribution in [-0.4, -0.2) is 38.9 Å². The lowest BCUT2D eigenvalue weighted by Gasteiger charge is -2.20. The van der Waals surface area contributed by atoms with Crippen molar-refractivity contribution in [2.45, 2.75) is 11.3 Å². The minimum absolute atomic E-state index is 0. The Morgan fingerprint density at radius 2 is 1.85 bits per heavy atom. The molecule has 0 bridgehead atoms. The van der Waals surface area contributed by atoms with Gasteiger partial charge in [0.15, 0.2) is 0 Å². The van der Waals surface area contributed by atoms with Crippen molar-refractivity contribution in [3.8, 4) is 0 Å². The fraction of sp³-hybridized carbons (Fsp3) is 0.455. The highest BCUT2D eigenvalue weighted by Gasteiger charge is 2.28. The predicted octanol–water partition coefficient (Wildman–Crippen LogP) is 2.13. The zero-order valence-electron chi connectivity index (χ0n) is 10.4. The van der Waals surface area contributed by atoms with Crippen molar-refractivity contribution in [1.29, 1.82) is 0 Å². The van der Waals surface area contributed by atoms with Crippen LogP contribution in [0.25, 0.3) is 0 Å². The maximum Gasteiger partial charge on any atom is 0.246 e. The van der Waals surface area contributed by atoms with E-state index in [2.05, 4.69) is 21.2 Å². The van der Waals surface area contributed by atoms with Crippen LogP contribution in [0.1, 0.15) is 6.42 Å². The van der Waals surface area contributed by atoms with Gasteiger partial charge >= 0.3 is 0 Å². The summed E-state index contributed by atoms with van der Waals surface area (Å²) in [7, 11) is -3.93. The molecule has 0 unspecified atom stereocenters. The topological polar surface area (TPSA) is 49.4 Å². The molecule has 9 heteroatoms. The van der Waals surface area contributed by atoms with E-state index in [0.29, 0.717) is 25.6 Å². The molecular formula is C11H14BrClF2N2O2S. The van der Waals surface area contributed by atoms with Gasteiger partial charge in [-0.05, 0) is 35.0 Å². The van der Waals surface area contributed by atoms with Crippen molar-refractivity contribution in [3.05, 3.63) is 28.2 Å². The van der Waals surface area contributed by atoms with Crippen LogP contribution in [0.3, 0.4) is 0 Å². The Bertz CT molecular complexity index is 578. The average Bonchev–Trinajstić information content (AvgIpc) is 2.62. The zero-order valence-corrected chi connectivity index (χ0v) is 13.6. The first-order valence-corrected chi connectivity index (χ1v) is 8.01.